The van der Waals surface area contributed by atoms with Gasteiger partial charge in [0.25, 0.3) is 0 Å². The Bertz CT molecular complexity index is 581. The van der Waals surface area contributed by atoms with Crippen molar-refractivity contribution >= 4 is 17.4 Å². The van der Waals surface area contributed by atoms with Gasteiger partial charge in [-0.1, -0.05) is 11.6 Å². The van der Waals surface area contributed by atoms with E-state index in [1.54, 1.807) is 7.05 Å². The summed E-state index contributed by atoms with van der Waals surface area (Å²) >= 11 is 5.74. The third-order valence-electron chi connectivity index (χ3n) is 2.23. The molecule has 0 radical (unpaired) electrons. The van der Waals surface area contributed by atoms with Gasteiger partial charge in [0.1, 0.15) is 12.1 Å². The van der Waals surface area contributed by atoms with Gasteiger partial charge < -0.3 is 5.32 Å². The topological polar surface area (TPSA) is 55.6 Å². The van der Waals surface area contributed by atoms with Crippen LogP contribution in [-0.2, 0) is 19.8 Å². The van der Waals surface area contributed by atoms with Crippen LogP contribution in [-0.4, -0.2) is 19.7 Å². The lowest BCUT2D eigenvalue weighted by Crippen LogP contribution is -2.08. The van der Waals surface area contributed by atoms with Gasteiger partial charge in [-0.2, -0.15) is 18.3 Å². The molecule has 5 nitrogen and oxygen atoms in total. The molecule has 2 rings (SSSR count). The normalized spacial score (nSPS) is 11.6. The molecular formula is C10H9ClF3N5. The number of halogens is 4. The summed E-state index contributed by atoms with van der Waals surface area (Å²) in [7, 11) is 1.71. The molecule has 2 aromatic heterocycles. The number of rotatable bonds is 3. The SMILES string of the molecule is Cn1cnc(CNc2ncc(C(F)(F)F)cc2Cl)n1. The Morgan fingerprint density at radius 1 is 1.37 bits per heavy atom. The summed E-state index contributed by atoms with van der Waals surface area (Å²) in [6.07, 6.45) is -2.23. The van der Waals surface area contributed by atoms with Gasteiger partial charge in [0.2, 0.25) is 0 Å². The summed E-state index contributed by atoms with van der Waals surface area (Å²) in [4.78, 5) is 7.60. The van der Waals surface area contributed by atoms with E-state index in [4.69, 9.17) is 11.6 Å². The smallest absolute Gasteiger partial charge is 0.361 e. The summed E-state index contributed by atoms with van der Waals surface area (Å²) < 4.78 is 38.7. The molecule has 0 aliphatic heterocycles. The van der Waals surface area contributed by atoms with Crippen molar-refractivity contribution in [1.82, 2.24) is 19.7 Å². The second kappa shape index (κ2) is 5.04. The van der Waals surface area contributed by atoms with Crippen molar-refractivity contribution in [2.45, 2.75) is 12.7 Å². The molecule has 0 amide bonds. The third kappa shape index (κ3) is 3.34. The van der Waals surface area contributed by atoms with E-state index >= 15 is 0 Å². The van der Waals surface area contributed by atoms with Gasteiger partial charge in [0.15, 0.2) is 5.82 Å². The van der Waals surface area contributed by atoms with Crippen molar-refractivity contribution in [3.8, 4) is 0 Å². The molecule has 0 aliphatic rings. The van der Waals surface area contributed by atoms with Crippen molar-refractivity contribution in [3.05, 3.63) is 35.0 Å². The molecule has 2 aromatic rings. The minimum atomic E-state index is -4.46. The maximum Gasteiger partial charge on any atom is 0.417 e. The zero-order valence-electron chi connectivity index (χ0n) is 9.74. The zero-order valence-corrected chi connectivity index (χ0v) is 10.5. The second-order valence-corrected chi connectivity index (χ2v) is 4.15. The van der Waals surface area contributed by atoms with E-state index in [0.29, 0.717) is 5.82 Å². The van der Waals surface area contributed by atoms with Crippen LogP contribution in [0.2, 0.25) is 5.02 Å². The van der Waals surface area contributed by atoms with Gasteiger partial charge in [0.05, 0.1) is 17.1 Å². The monoisotopic (exact) mass is 291 g/mol. The second-order valence-electron chi connectivity index (χ2n) is 3.74. The van der Waals surface area contributed by atoms with E-state index in [1.165, 1.54) is 11.0 Å². The first-order chi connectivity index (χ1) is 8.86. The third-order valence-corrected chi connectivity index (χ3v) is 2.52. The van der Waals surface area contributed by atoms with Crippen LogP contribution in [0.4, 0.5) is 19.0 Å². The highest BCUT2D eigenvalue weighted by molar-refractivity contribution is 6.32. The number of nitrogens with one attached hydrogen (secondary N) is 1. The van der Waals surface area contributed by atoms with Crippen molar-refractivity contribution in [3.63, 3.8) is 0 Å². The highest BCUT2D eigenvalue weighted by atomic mass is 35.5. The summed E-state index contributed by atoms with van der Waals surface area (Å²) in [5.74, 6) is 0.641. The van der Waals surface area contributed by atoms with E-state index < -0.39 is 11.7 Å². The predicted octanol–water partition coefficient (Wildman–Crippen LogP) is 2.49. The average molecular weight is 292 g/mol. The predicted molar refractivity (Wildman–Crippen MR) is 62.6 cm³/mol. The van der Waals surface area contributed by atoms with E-state index in [0.717, 1.165) is 12.3 Å². The molecule has 9 heteroatoms. The largest absolute Gasteiger partial charge is 0.417 e. The first-order valence-corrected chi connectivity index (χ1v) is 5.55. The Hall–Kier alpha value is -1.83. The number of hydrogen-bond acceptors (Lipinski definition) is 4. The molecule has 2 heterocycles. The van der Waals surface area contributed by atoms with E-state index in [-0.39, 0.29) is 17.4 Å². The van der Waals surface area contributed by atoms with Crippen LogP contribution in [0.3, 0.4) is 0 Å². The van der Waals surface area contributed by atoms with Gasteiger partial charge in [-0.3, -0.25) is 4.68 Å². The Kier molecular flexibility index (Phi) is 3.61. The molecular weight excluding hydrogens is 283 g/mol. The number of anilines is 1. The van der Waals surface area contributed by atoms with Crippen molar-refractivity contribution in [2.24, 2.45) is 7.05 Å². The number of hydrogen-bond donors (Lipinski definition) is 1. The fraction of sp³-hybridized carbons (Fsp3) is 0.300. The number of aryl methyl sites for hydroxylation is 1. The molecule has 1 N–H and O–H groups in total. The number of pyridine rings is 1. The first kappa shape index (κ1) is 13.6. The Morgan fingerprint density at radius 2 is 2.11 bits per heavy atom. The molecule has 0 unspecified atom stereocenters. The van der Waals surface area contributed by atoms with Crippen LogP contribution in [0.1, 0.15) is 11.4 Å². The van der Waals surface area contributed by atoms with Gasteiger partial charge in [-0.25, -0.2) is 9.97 Å². The highest BCUT2D eigenvalue weighted by Gasteiger charge is 2.31. The molecule has 0 fully saturated rings. The van der Waals surface area contributed by atoms with Crippen molar-refractivity contribution in [2.75, 3.05) is 5.32 Å². The molecule has 0 saturated heterocycles. The number of alkyl halides is 3. The zero-order chi connectivity index (χ0) is 14.0. The van der Waals surface area contributed by atoms with E-state index in [2.05, 4.69) is 20.4 Å². The summed E-state index contributed by atoms with van der Waals surface area (Å²) in [6, 6.07) is 0.822. The van der Waals surface area contributed by atoms with Crippen LogP contribution < -0.4 is 5.32 Å². The fourth-order valence-corrected chi connectivity index (χ4v) is 1.58. The van der Waals surface area contributed by atoms with Crippen LogP contribution >= 0.6 is 11.6 Å². The molecule has 0 aliphatic carbocycles. The molecule has 0 spiro atoms. The Balaban J connectivity index is 2.09. The van der Waals surface area contributed by atoms with Crippen LogP contribution in [0, 0.1) is 0 Å². The molecule has 0 atom stereocenters. The average Bonchev–Trinajstić information content (AvgIpc) is 2.72. The van der Waals surface area contributed by atoms with E-state index in [9.17, 15) is 13.2 Å². The van der Waals surface area contributed by atoms with Gasteiger partial charge in [-0.05, 0) is 6.07 Å². The highest BCUT2D eigenvalue weighted by Crippen LogP contribution is 2.32. The maximum absolute atomic E-state index is 12.4. The fourth-order valence-electron chi connectivity index (χ4n) is 1.35. The summed E-state index contributed by atoms with van der Waals surface area (Å²) in [5, 5.41) is 6.67. The Morgan fingerprint density at radius 3 is 2.63 bits per heavy atom. The minimum Gasteiger partial charge on any atom is -0.361 e. The lowest BCUT2D eigenvalue weighted by Gasteiger charge is -2.09. The molecule has 19 heavy (non-hydrogen) atoms. The number of aromatic nitrogens is 4. The first-order valence-electron chi connectivity index (χ1n) is 5.17. The quantitative estimate of drug-likeness (QED) is 0.944. The van der Waals surface area contributed by atoms with Crippen molar-refractivity contribution in [1.29, 1.82) is 0 Å². The molecule has 0 saturated carbocycles. The lowest BCUT2D eigenvalue weighted by molar-refractivity contribution is -0.137. The Labute approximate surface area is 111 Å². The molecule has 0 aromatic carbocycles. The van der Waals surface area contributed by atoms with Crippen LogP contribution in [0.15, 0.2) is 18.6 Å². The van der Waals surface area contributed by atoms with Crippen LogP contribution in [0.25, 0.3) is 0 Å². The number of nitrogens with zero attached hydrogens (tertiary/aromatic N) is 4. The van der Waals surface area contributed by atoms with E-state index in [1.807, 2.05) is 0 Å². The lowest BCUT2D eigenvalue weighted by atomic mass is 10.3. The van der Waals surface area contributed by atoms with Gasteiger partial charge in [0, 0.05) is 13.2 Å². The van der Waals surface area contributed by atoms with Crippen molar-refractivity contribution < 1.29 is 13.2 Å². The van der Waals surface area contributed by atoms with Crippen LogP contribution in [0.5, 0.6) is 0 Å². The standard InChI is InChI=1S/C10H9ClF3N5/c1-19-5-17-8(18-19)4-16-9-7(11)2-6(3-15-9)10(12,13)14/h2-3,5H,4H2,1H3,(H,15,16). The minimum absolute atomic E-state index is 0.106. The summed E-state index contributed by atoms with van der Waals surface area (Å²) in [6.45, 7) is 0.221. The molecule has 102 valence electrons. The van der Waals surface area contributed by atoms with Gasteiger partial charge in [-0.15, -0.1) is 0 Å². The van der Waals surface area contributed by atoms with Gasteiger partial charge >= 0.3 is 6.18 Å². The summed E-state index contributed by atoms with van der Waals surface area (Å²) in [5.41, 5.74) is -0.890. The maximum atomic E-state index is 12.4. The molecule has 0 bridgehead atoms.